The molecule has 0 unspecified atom stereocenters. The van der Waals surface area contributed by atoms with E-state index in [1.165, 1.54) is 0 Å². The molecule has 0 aliphatic carbocycles. The third-order valence-electron chi connectivity index (χ3n) is 4.21. The van der Waals surface area contributed by atoms with E-state index >= 15 is 0 Å². The summed E-state index contributed by atoms with van der Waals surface area (Å²) in [5, 5.41) is 14.1. The quantitative estimate of drug-likeness (QED) is 0.338. The molecule has 0 amide bonds. The second-order valence-electron chi connectivity index (χ2n) is 6.09. The van der Waals surface area contributed by atoms with Crippen LogP contribution in [0.4, 0.5) is 5.95 Å². The van der Waals surface area contributed by atoms with Crippen LogP contribution in [0.1, 0.15) is 5.76 Å². The van der Waals surface area contributed by atoms with E-state index in [2.05, 4.69) is 30.7 Å². The summed E-state index contributed by atoms with van der Waals surface area (Å²) < 4.78 is 5.76. The van der Waals surface area contributed by atoms with Crippen molar-refractivity contribution in [2.75, 3.05) is 5.43 Å². The van der Waals surface area contributed by atoms with Gasteiger partial charge in [0.15, 0.2) is 5.65 Å². The van der Waals surface area contributed by atoms with Gasteiger partial charge in [0.05, 0.1) is 6.21 Å². The number of aromatic amines is 1. The van der Waals surface area contributed by atoms with Gasteiger partial charge in [0.1, 0.15) is 17.0 Å². The molecule has 5 aromatic rings. The fourth-order valence-corrected chi connectivity index (χ4v) is 3.13. The maximum absolute atomic E-state index is 6.02. The first-order valence-corrected chi connectivity index (χ1v) is 8.90. The molecule has 2 N–H and O–H groups in total. The summed E-state index contributed by atoms with van der Waals surface area (Å²) in [6.45, 7) is 0. The van der Waals surface area contributed by atoms with Gasteiger partial charge < -0.3 is 9.40 Å². The number of para-hydroxylation sites is 1. The van der Waals surface area contributed by atoms with Crippen molar-refractivity contribution >= 4 is 45.8 Å². The van der Waals surface area contributed by atoms with Crippen LogP contribution < -0.4 is 5.43 Å². The van der Waals surface area contributed by atoms with Crippen LogP contribution in [0.15, 0.2) is 70.2 Å². The van der Waals surface area contributed by atoms with Gasteiger partial charge in [0.2, 0.25) is 0 Å². The third kappa shape index (κ3) is 3.08. The van der Waals surface area contributed by atoms with Gasteiger partial charge in [-0.2, -0.15) is 10.1 Å². The molecule has 0 bridgehead atoms. The Morgan fingerprint density at radius 3 is 2.89 bits per heavy atom. The zero-order valence-corrected chi connectivity index (χ0v) is 15.2. The van der Waals surface area contributed by atoms with Crippen molar-refractivity contribution in [1.29, 1.82) is 0 Å². The van der Waals surface area contributed by atoms with E-state index in [0.29, 0.717) is 22.2 Å². The van der Waals surface area contributed by atoms with E-state index in [-0.39, 0.29) is 5.95 Å². The van der Waals surface area contributed by atoms with Crippen molar-refractivity contribution in [2.24, 2.45) is 5.10 Å². The molecule has 0 aliphatic heterocycles. The summed E-state index contributed by atoms with van der Waals surface area (Å²) in [4.78, 5) is 7.62. The Hall–Kier alpha value is -3.71. The lowest BCUT2D eigenvalue weighted by Crippen LogP contribution is -1.98. The summed E-state index contributed by atoms with van der Waals surface area (Å²) in [5.41, 5.74) is 6.01. The maximum atomic E-state index is 6.02. The van der Waals surface area contributed by atoms with Crippen molar-refractivity contribution in [3.05, 3.63) is 71.4 Å². The minimum absolute atomic E-state index is 0.289. The predicted octanol–water partition coefficient (Wildman–Crippen LogP) is 4.87. The van der Waals surface area contributed by atoms with Gasteiger partial charge in [0.25, 0.3) is 5.95 Å². The van der Waals surface area contributed by atoms with Gasteiger partial charge in [0, 0.05) is 21.5 Å². The Morgan fingerprint density at radius 2 is 1.96 bits per heavy atom. The lowest BCUT2D eigenvalue weighted by atomic mass is 10.2. The van der Waals surface area contributed by atoms with Gasteiger partial charge in [-0.05, 0) is 30.3 Å². The highest BCUT2D eigenvalue weighted by Gasteiger charge is 2.08. The highest BCUT2D eigenvalue weighted by Crippen LogP contribution is 2.24. The lowest BCUT2D eigenvalue weighted by molar-refractivity contribution is 0.575. The summed E-state index contributed by atoms with van der Waals surface area (Å²) in [6, 6.07) is 19.0. The molecule has 0 fully saturated rings. The molecule has 3 aromatic heterocycles. The molecule has 5 rings (SSSR count). The summed E-state index contributed by atoms with van der Waals surface area (Å²) >= 11 is 6.02. The molecule has 0 aliphatic rings. The van der Waals surface area contributed by atoms with Gasteiger partial charge in [-0.15, -0.1) is 10.2 Å². The highest BCUT2D eigenvalue weighted by atomic mass is 35.5. The number of H-pyrrole nitrogens is 1. The lowest BCUT2D eigenvalue weighted by Gasteiger charge is -1.97. The standard InChI is InChI=1S/C20H13ClN6O/c21-13-5-3-4-12(10-13)17-9-8-14(28-17)11-22-26-20-24-19-18(25-27-20)15-6-1-2-7-16(15)23-19/h1-11H,(H2,23,24,26,27). The van der Waals surface area contributed by atoms with E-state index in [9.17, 15) is 0 Å². The molecule has 2 aromatic carbocycles. The molecule has 0 saturated carbocycles. The van der Waals surface area contributed by atoms with Crippen molar-refractivity contribution in [3.63, 3.8) is 0 Å². The molecule has 0 spiro atoms. The fourth-order valence-electron chi connectivity index (χ4n) is 2.94. The summed E-state index contributed by atoms with van der Waals surface area (Å²) in [7, 11) is 0. The zero-order chi connectivity index (χ0) is 18.9. The van der Waals surface area contributed by atoms with Crippen molar-refractivity contribution < 1.29 is 4.42 Å². The van der Waals surface area contributed by atoms with Crippen LogP contribution in [0.3, 0.4) is 0 Å². The molecule has 0 saturated heterocycles. The summed E-state index contributed by atoms with van der Waals surface area (Å²) in [6.07, 6.45) is 1.55. The zero-order valence-electron chi connectivity index (χ0n) is 14.4. The first kappa shape index (κ1) is 16.5. The van der Waals surface area contributed by atoms with Crippen LogP contribution >= 0.6 is 11.6 Å². The second kappa shape index (κ2) is 6.79. The van der Waals surface area contributed by atoms with Crippen LogP contribution in [0.2, 0.25) is 5.02 Å². The molecule has 0 atom stereocenters. The second-order valence-corrected chi connectivity index (χ2v) is 6.52. The number of hydrazone groups is 1. The minimum Gasteiger partial charge on any atom is -0.455 e. The number of nitrogens with one attached hydrogen (secondary N) is 2. The van der Waals surface area contributed by atoms with Crippen LogP contribution in [0, 0.1) is 0 Å². The number of nitrogens with zero attached hydrogens (tertiary/aromatic N) is 4. The Morgan fingerprint density at radius 1 is 1.04 bits per heavy atom. The van der Waals surface area contributed by atoms with Crippen LogP contribution in [0.5, 0.6) is 0 Å². The average molecular weight is 389 g/mol. The number of aromatic nitrogens is 4. The van der Waals surface area contributed by atoms with Crippen molar-refractivity contribution in [1.82, 2.24) is 20.2 Å². The largest absolute Gasteiger partial charge is 0.455 e. The molecule has 136 valence electrons. The smallest absolute Gasteiger partial charge is 0.265 e. The number of halogens is 1. The average Bonchev–Trinajstić information content (AvgIpc) is 3.32. The number of rotatable bonds is 4. The van der Waals surface area contributed by atoms with E-state index in [0.717, 1.165) is 22.0 Å². The first-order chi connectivity index (χ1) is 13.8. The third-order valence-corrected chi connectivity index (χ3v) is 4.45. The van der Waals surface area contributed by atoms with Gasteiger partial charge in [-0.1, -0.05) is 41.9 Å². The van der Waals surface area contributed by atoms with Crippen molar-refractivity contribution in [2.45, 2.75) is 0 Å². The number of furan rings is 1. The number of hydrogen-bond donors (Lipinski definition) is 2. The monoisotopic (exact) mass is 388 g/mol. The van der Waals surface area contributed by atoms with Crippen molar-refractivity contribution in [3.8, 4) is 11.3 Å². The normalized spacial score (nSPS) is 11.6. The van der Waals surface area contributed by atoms with E-state index < -0.39 is 0 Å². The van der Waals surface area contributed by atoms with Gasteiger partial charge >= 0.3 is 0 Å². The molecule has 7 nitrogen and oxygen atoms in total. The molecule has 0 radical (unpaired) electrons. The van der Waals surface area contributed by atoms with Crippen LogP contribution in [-0.4, -0.2) is 26.4 Å². The first-order valence-electron chi connectivity index (χ1n) is 8.52. The molecule has 3 heterocycles. The molecule has 28 heavy (non-hydrogen) atoms. The Kier molecular flexibility index (Phi) is 3.99. The Bertz CT molecular complexity index is 1320. The van der Waals surface area contributed by atoms with E-state index in [1.54, 1.807) is 6.21 Å². The van der Waals surface area contributed by atoms with Gasteiger partial charge in [-0.3, -0.25) is 0 Å². The number of hydrogen-bond acceptors (Lipinski definition) is 6. The topological polar surface area (TPSA) is 92.0 Å². The molecule has 8 heteroatoms. The van der Waals surface area contributed by atoms with E-state index in [4.69, 9.17) is 16.0 Å². The number of benzene rings is 2. The fraction of sp³-hybridized carbons (Fsp3) is 0. The number of anilines is 1. The Labute approximate surface area is 164 Å². The number of fused-ring (bicyclic) bond motifs is 3. The predicted molar refractivity (Wildman–Crippen MR) is 110 cm³/mol. The van der Waals surface area contributed by atoms with Crippen LogP contribution in [0.25, 0.3) is 33.4 Å². The van der Waals surface area contributed by atoms with Crippen LogP contribution in [-0.2, 0) is 0 Å². The van der Waals surface area contributed by atoms with Gasteiger partial charge in [-0.25, -0.2) is 5.43 Å². The highest BCUT2D eigenvalue weighted by molar-refractivity contribution is 6.30. The molecular formula is C20H13ClN6O. The molecular weight excluding hydrogens is 376 g/mol. The minimum atomic E-state index is 0.289. The Balaban J connectivity index is 1.34. The van der Waals surface area contributed by atoms with E-state index in [1.807, 2.05) is 60.7 Å². The summed E-state index contributed by atoms with van der Waals surface area (Å²) in [5.74, 6) is 1.58. The SMILES string of the molecule is Clc1cccc(-c2ccc(C=NNc3nnc4c(n3)[nH]c3ccccc34)o2)c1. The maximum Gasteiger partial charge on any atom is 0.265 e.